The molecule has 4 amide bonds. The quantitative estimate of drug-likeness (QED) is 0.0195. The minimum absolute atomic E-state index is 0.0594. The second kappa shape index (κ2) is 30.9. The van der Waals surface area contributed by atoms with Gasteiger partial charge in [0.1, 0.15) is 59.9 Å². The summed E-state index contributed by atoms with van der Waals surface area (Å²) in [4.78, 5) is 66.0. The number of nitrogens with zero attached hydrogens (tertiary/aromatic N) is 16. The maximum absolute atomic E-state index is 13.6. The third-order valence-corrected chi connectivity index (χ3v) is 19.2. The number of H-pyrrole nitrogens is 4. The summed E-state index contributed by atoms with van der Waals surface area (Å²) in [5.74, 6) is -5.28. The molecule has 0 radical (unpaired) electrons. The third kappa shape index (κ3) is 17.0. The zero-order valence-corrected chi connectivity index (χ0v) is 57.2. The lowest BCUT2D eigenvalue weighted by Crippen LogP contribution is -2.43. The first kappa shape index (κ1) is 71.7. The Labute approximate surface area is 583 Å². The van der Waals surface area contributed by atoms with Crippen LogP contribution in [0.15, 0.2) is 85.9 Å². The molecular weight excluding hydrogens is 1410 g/mol. The van der Waals surface area contributed by atoms with Gasteiger partial charge in [-0.2, -0.15) is 35.7 Å². The van der Waals surface area contributed by atoms with Crippen LogP contribution >= 0.6 is 45.3 Å². The highest BCUT2D eigenvalue weighted by Crippen LogP contribution is 2.50. The molecule has 1 aliphatic heterocycles. The van der Waals surface area contributed by atoms with Crippen molar-refractivity contribution in [1.29, 1.82) is 0 Å². The van der Waals surface area contributed by atoms with Gasteiger partial charge < -0.3 is 36.7 Å². The molecule has 0 aromatic carbocycles. The number of thiazole rings is 4. The molecule has 11 N–H and O–H groups in total. The van der Waals surface area contributed by atoms with Crippen LogP contribution in [0.2, 0.25) is 0 Å². The third-order valence-electron chi connectivity index (χ3n) is 14.9. The molecule has 13 heterocycles. The number of nitrogens with two attached hydrogens (primary N) is 3. The van der Waals surface area contributed by atoms with Crippen LogP contribution < -0.4 is 27.3 Å². The number of aromatic amines is 4. The van der Waals surface area contributed by atoms with Crippen LogP contribution in [-0.4, -0.2) is 163 Å². The summed E-state index contributed by atoms with van der Waals surface area (Å²) in [5, 5.41) is 49.0. The molecule has 12 aromatic heterocycles. The highest BCUT2D eigenvalue weighted by molar-refractivity contribution is 7.19. The second-order valence-electron chi connectivity index (χ2n) is 23.3. The molecule has 1 aliphatic carbocycles. The number of ether oxygens (including phenoxy) is 3. The van der Waals surface area contributed by atoms with E-state index in [1.165, 1.54) is 74.8 Å². The number of methoxy groups -OCH3 is 1. The molecule has 0 spiro atoms. The topological polar surface area (TPSA) is 424 Å². The van der Waals surface area contributed by atoms with E-state index >= 15 is 0 Å². The van der Waals surface area contributed by atoms with Crippen LogP contribution in [0.25, 0.3) is 73.6 Å². The largest absolute Gasteiger partial charge is 0.478 e. The summed E-state index contributed by atoms with van der Waals surface area (Å²) >= 11 is 4.90. The minimum Gasteiger partial charge on any atom is -0.478 e. The van der Waals surface area contributed by atoms with Crippen molar-refractivity contribution in [2.24, 2.45) is 34.5 Å². The van der Waals surface area contributed by atoms with Gasteiger partial charge in [-0.15, -0.1) is 50.4 Å². The van der Waals surface area contributed by atoms with Crippen LogP contribution in [0.1, 0.15) is 100 Å². The number of halogens is 6. The lowest BCUT2D eigenvalue weighted by atomic mass is 9.89. The normalized spacial score (nSPS) is 14.2. The number of hydrogen-bond donors (Lipinski definition) is 8. The number of amides is 4. The zero-order valence-electron chi connectivity index (χ0n) is 53.9. The van der Waals surface area contributed by atoms with Crippen molar-refractivity contribution in [1.82, 2.24) is 99.8 Å². The van der Waals surface area contributed by atoms with E-state index in [4.69, 9.17) is 31.4 Å². The van der Waals surface area contributed by atoms with Gasteiger partial charge in [-0.3, -0.25) is 58.3 Å². The molecule has 530 valence electrons. The van der Waals surface area contributed by atoms with Crippen molar-refractivity contribution in [3.05, 3.63) is 120 Å². The fraction of sp³-hybridized carbons (Fsp3) is 0.333. The number of anilines is 1. The Bertz CT molecular complexity index is 4780. The fourth-order valence-electron chi connectivity index (χ4n) is 9.92. The van der Waals surface area contributed by atoms with Crippen molar-refractivity contribution >= 4 is 74.7 Å². The Kier molecular flexibility index (Phi) is 21.9. The molecule has 1 saturated carbocycles. The fourth-order valence-corrected chi connectivity index (χ4v) is 13.9. The molecule has 31 nitrogen and oxygen atoms in total. The number of carbonyl (C=O) groups excluding carboxylic acids is 4. The van der Waals surface area contributed by atoms with Crippen molar-refractivity contribution in [2.75, 3.05) is 38.9 Å². The number of carbonyl (C=O) groups is 4. The van der Waals surface area contributed by atoms with Crippen LogP contribution in [0.3, 0.4) is 0 Å². The van der Waals surface area contributed by atoms with E-state index in [0.29, 0.717) is 82.3 Å². The zero-order chi connectivity index (χ0) is 71.9. The smallest absolute Gasteiger partial charge is 0.282 e. The minimum atomic E-state index is -2.81. The highest BCUT2D eigenvalue weighted by Gasteiger charge is 2.57. The Balaban J connectivity index is 0.000000136. The highest BCUT2D eigenvalue weighted by atomic mass is 32.1. The molecule has 2 fully saturated rings. The summed E-state index contributed by atoms with van der Waals surface area (Å²) in [5.41, 5.74) is 20.0. The maximum Gasteiger partial charge on any atom is 0.282 e. The lowest BCUT2D eigenvalue weighted by Gasteiger charge is -2.37. The predicted octanol–water partition coefficient (Wildman–Crippen LogP) is 9.74. The van der Waals surface area contributed by atoms with E-state index < -0.39 is 59.7 Å². The predicted molar refractivity (Wildman–Crippen MR) is 358 cm³/mol. The second-order valence-corrected chi connectivity index (χ2v) is 27.2. The first-order chi connectivity index (χ1) is 48.4. The summed E-state index contributed by atoms with van der Waals surface area (Å²) in [7, 11) is 1.40. The molecule has 101 heavy (non-hydrogen) atoms. The molecular formula is C60H62F6N24O7S4. The van der Waals surface area contributed by atoms with Gasteiger partial charge in [0.05, 0.1) is 91.8 Å². The molecule has 12 aromatic rings. The van der Waals surface area contributed by atoms with E-state index in [-0.39, 0.29) is 67.9 Å². The molecule has 14 rings (SSSR count). The Morgan fingerprint density at radius 2 is 1.16 bits per heavy atom. The molecule has 0 bridgehead atoms. The number of rotatable bonds is 25. The summed E-state index contributed by atoms with van der Waals surface area (Å²) in [6, 6.07) is 0. The summed E-state index contributed by atoms with van der Waals surface area (Å²) in [6.07, 6.45) is 15.3. The van der Waals surface area contributed by atoms with Gasteiger partial charge in [-0.1, -0.05) is 20.8 Å². The molecule has 1 saturated heterocycles. The number of aromatic nitrogens is 20. The van der Waals surface area contributed by atoms with E-state index in [2.05, 4.69) is 100 Å². The van der Waals surface area contributed by atoms with Crippen molar-refractivity contribution in [3.8, 4) is 79.5 Å². The summed E-state index contributed by atoms with van der Waals surface area (Å²) < 4.78 is 102. The van der Waals surface area contributed by atoms with Gasteiger partial charge in [0.25, 0.3) is 48.3 Å². The molecule has 1 unspecified atom stereocenters. The van der Waals surface area contributed by atoms with Gasteiger partial charge in [0, 0.05) is 125 Å². The van der Waals surface area contributed by atoms with Crippen molar-refractivity contribution in [3.63, 3.8) is 0 Å². The van der Waals surface area contributed by atoms with E-state index in [1.807, 2.05) is 24.7 Å². The van der Waals surface area contributed by atoms with E-state index in [9.17, 15) is 45.5 Å². The van der Waals surface area contributed by atoms with E-state index in [0.717, 1.165) is 50.8 Å². The van der Waals surface area contributed by atoms with Crippen LogP contribution in [0, 0.1) is 17.3 Å². The van der Waals surface area contributed by atoms with Crippen LogP contribution in [0.5, 0.6) is 5.88 Å². The number of hydrogen-bond acceptors (Lipinski definition) is 23. The standard InChI is InChI=1S/C16H16F2N6O2S.C15H14F2N6O2S.C15H16F2N6O2S.C14H16N6OS/c1-16(6-26-7-16)5-24-4-9(10(23-24)13(17)18)12-11(14(19)25)22-15(27-12)8-2-20-21-3-8;1-25-13-10(6-23(22-13)5-9-2-15(9,16)17)20-12(24)11-7-26-14(21-11)8-3-18-19-4-8;1-2-25-4-3-23-7-9(10(22-23)13(16)17)12-11(14(18)24)21-15(26-12)8-5-19-20-6-8;1-8(2)6-20-7-10(5-18-20)12-11(13(15)21)19-14(22-12)9-3-16-17-4-9/h2-4,13H,5-7H2,1H3,(H2,19,25)(H,20,21);3-4,6-7,9H,2,5H2,1H3,(H,18,19)(H,20,24);5-7,13H,2-4H2,1H3,(H2,18,24)(H,19,20);3-5,7-8H,6H2,1-2H3,(H2,15,21)(H,16,17). The Hall–Kier alpha value is -10.6. The first-order valence-corrected chi connectivity index (χ1v) is 33.7. The Morgan fingerprint density at radius 3 is 1.60 bits per heavy atom. The van der Waals surface area contributed by atoms with Crippen LogP contribution in [0.4, 0.5) is 32.0 Å². The number of alkyl halides is 6. The first-order valence-electron chi connectivity index (χ1n) is 30.4. The van der Waals surface area contributed by atoms with Gasteiger partial charge in [0.15, 0.2) is 0 Å². The lowest BCUT2D eigenvalue weighted by molar-refractivity contribution is -0.111. The Morgan fingerprint density at radius 1 is 0.663 bits per heavy atom. The van der Waals surface area contributed by atoms with Gasteiger partial charge in [-0.05, 0) is 12.8 Å². The monoisotopic (exact) mass is 1470 g/mol. The van der Waals surface area contributed by atoms with Crippen LogP contribution in [-0.2, 0) is 35.7 Å². The molecule has 2 aliphatic rings. The average molecular weight is 1470 g/mol. The van der Waals surface area contributed by atoms with Gasteiger partial charge >= 0.3 is 0 Å². The van der Waals surface area contributed by atoms with E-state index in [1.54, 1.807) is 48.8 Å². The van der Waals surface area contributed by atoms with Crippen molar-refractivity contribution in [2.45, 2.75) is 79.1 Å². The molecule has 1 atom stereocenters. The van der Waals surface area contributed by atoms with Gasteiger partial charge in [-0.25, -0.2) is 46.3 Å². The number of primary amides is 3. The van der Waals surface area contributed by atoms with Gasteiger partial charge in [0.2, 0.25) is 0 Å². The SMILES string of the molecule is CC(C)Cn1cc(-c2sc(-c3cn[nH]c3)nc2C(N)=O)cn1.CC1(Cn2cc(-c3sc(-c4cn[nH]c4)nc3C(N)=O)c(C(F)F)n2)COC1.CCOCCn1cc(-c2sc(-c3cn[nH]c3)nc2C(N)=O)c(C(F)F)n1.COc1nn(CC2CC2(F)F)cc1NC(=O)c1csc(-c2cn[nH]c2)n1. The molecule has 41 heteroatoms. The summed E-state index contributed by atoms with van der Waals surface area (Å²) in [6.45, 7) is 11.7. The average Bonchev–Trinajstić information content (AvgIpc) is 1.65. The number of nitrogens with one attached hydrogen (secondary N) is 5. The van der Waals surface area contributed by atoms with Crippen molar-refractivity contribution < 1.29 is 59.7 Å². The maximum atomic E-state index is 13.6.